The Hall–Kier alpha value is -1.94. The van der Waals surface area contributed by atoms with Crippen LogP contribution in [0.4, 0.5) is 0 Å². The van der Waals surface area contributed by atoms with Gasteiger partial charge in [-0.25, -0.2) is 0 Å². The topological polar surface area (TPSA) is 54.0 Å². The van der Waals surface area contributed by atoms with E-state index in [4.69, 9.17) is 0 Å². The zero-order valence-electron chi connectivity index (χ0n) is 12.6. The second-order valence-corrected chi connectivity index (χ2v) is 6.58. The van der Waals surface area contributed by atoms with Gasteiger partial charge in [-0.15, -0.1) is 0 Å². The van der Waals surface area contributed by atoms with Gasteiger partial charge in [0.15, 0.2) is 0 Å². The number of amides is 1. The first-order valence-corrected chi connectivity index (χ1v) is 8.10. The number of nitrogens with zero attached hydrogens (tertiary/aromatic N) is 1. The third-order valence-corrected chi connectivity index (χ3v) is 5.27. The molecular formula is C18H21N3O. The molecule has 1 atom stereocenters. The van der Waals surface area contributed by atoms with Crippen molar-refractivity contribution in [3.63, 3.8) is 0 Å². The predicted octanol–water partition coefficient (Wildman–Crippen LogP) is 2.24. The number of fused-ring (bicyclic) bond motifs is 1. The Bertz CT molecular complexity index is 701. The predicted molar refractivity (Wildman–Crippen MR) is 86.2 cm³/mol. The third kappa shape index (κ3) is 2.37. The summed E-state index contributed by atoms with van der Waals surface area (Å²) in [5, 5.41) is 7.62. The molecule has 114 valence electrons. The number of benzene rings is 1. The highest BCUT2D eigenvalue weighted by molar-refractivity contribution is 5.84. The van der Waals surface area contributed by atoms with Crippen LogP contribution in [0.3, 0.4) is 0 Å². The largest absolute Gasteiger partial charge is 0.352 e. The smallest absolute Gasteiger partial charge is 0.223 e. The Balaban J connectivity index is 1.43. The van der Waals surface area contributed by atoms with Gasteiger partial charge in [0.1, 0.15) is 0 Å². The van der Waals surface area contributed by atoms with Crippen molar-refractivity contribution in [3.05, 3.63) is 42.1 Å². The summed E-state index contributed by atoms with van der Waals surface area (Å²) in [6.07, 6.45) is 5.15. The van der Waals surface area contributed by atoms with Crippen LogP contribution >= 0.6 is 0 Å². The molecule has 2 heterocycles. The molecule has 1 aliphatic heterocycles. The molecular weight excluding hydrogens is 274 g/mol. The van der Waals surface area contributed by atoms with Crippen LogP contribution in [0, 0.1) is 11.3 Å². The number of piperidine rings is 1. The first kappa shape index (κ1) is 13.7. The number of hydrogen-bond acceptors (Lipinski definition) is 3. The Labute approximate surface area is 130 Å². The maximum atomic E-state index is 12.4. The van der Waals surface area contributed by atoms with E-state index in [1.165, 1.54) is 0 Å². The molecule has 1 spiro atoms. The van der Waals surface area contributed by atoms with E-state index in [0.717, 1.165) is 48.8 Å². The van der Waals surface area contributed by atoms with Crippen molar-refractivity contribution in [2.75, 3.05) is 13.1 Å². The van der Waals surface area contributed by atoms with E-state index < -0.39 is 0 Å². The summed E-state index contributed by atoms with van der Waals surface area (Å²) in [5.74, 6) is 0.437. The molecule has 4 nitrogen and oxygen atoms in total. The van der Waals surface area contributed by atoms with E-state index in [1.807, 2.05) is 18.2 Å². The van der Waals surface area contributed by atoms with Crippen molar-refractivity contribution in [2.45, 2.75) is 25.8 Å². The van der Waals surface area contributed by atoms with Crippen LogP contribution in [0.5, 0.6) is 0 Å². The summed E-state index contributed by atoms with van der Waals surface area (Å²) in [6, 6.07) is 10.1. The highest BCUT2D eigenvalue weighted by Gasteiger charge is 2.57. The molecule has 4 heteroatoms. The van der Waals surface area contributed by atoms with Crippen molar-refractivity contribution in [2.24, 2.45) is 11.3 Å². The van der Waals surface area contributed by atoms with E-state index >= 15 is 0 Å². The number of nitrogens with one attached hydrogen (secondary N) is 2. The number of pyridine rings is 1. The van der Waals surface area contributed by atoms with Crippen molar-refractivity contribution < 1.29 is 4.79 Å². The normalized spacial score (nSPS) is 22.6. The molecule has 0 radical (unpaired) electrons. The summed E-state index contributed by atoms with van der Waals surface area (Å²) < 4.78 is 0. The molecule has 0 bridgehead atoms. The fraction of sp³-hybridized carbons (Fsp3) is 0.444. The molecule has 22 heavy (non-hydrogen) atoms. The first-order valence-electron chi connectivity index (χ1n) is 8.10. The third-order valence-electron chi connectivity index (χ3n) is 5.27. The van der Waals surface area contributed by atoms with Crippen LogP contribution in [0.1, 0.15) is 24.8 Å². The molecule has 1 unspecified atom stereocenters. The van der Waals surface area contributed by atoms with E-state index in [9.17, 15) is 4.79 Å². The van der Waals surface area contributed by atoms with Gasteiger partial charge in [-0.1, -0.05) is 24.3 Å². The molecule has 1 saturated heterocycles. The maximum absolute atomic E-state index is 12.4. The van der Waals surface area contributed by atoms with E-state index in [0.29, 0.717) is 12.0 Å². The van der Waals surface area contributed by atoms with Crippen molar-refractivity contribution in [1.82, 2.24) is 15.6 Å². The molecule has 1 saturated carbocycles. The molecule has 1 amide bonds. The number of para-hydroxylation sites is 1. The van der Waals surface area contributed by atoms with Crippen LogP contribution in [0.15, 0.2) is 36.5 Å². The fourth-order valence-electron chi connectivity index (χ4n) is 3.81. The summed E-state index contributed by atoms with van der Waals surface area (Å²) >= 11 is 0. The van der Waals surface area contributed by atoms with Gasteiger partial charge in [0.2, 0.25) is 5.91 Å². The number of hydrogen-bond donors (Lipinski definition) is 2. The Kier molecular flexibility index (Phi) is 3.34. The molecule has 2 aromatic rings. The van der Waals surface area contributed by atoms with Crippen molar-refractivity contribution >= 4 is 16.8 Å². The van der Waals surface area contributed by atoms with Crippen molar-refractivity contribution in [1.29, 1.82) is 0 Å². The first-order chi connectivity index (χ1) is 10.8. The molecule has 2 aliphatic rings. The quantitative estimate of drug-likeness (QED) is 0.913. The molecule has 1 aromatic heterocycles. The van der Waals surface area contributed by atoms with Crippen LogP contribution in [-0.4, -0.2) is 24.0 Å². The fourth-order valence-corrected chi connectivity index (χ4v) is 3.81. The van der Waals surface area contributed by atoms with Gasteiger partial charge >= 0.3 is 0 Å². The second-order valence-electron chi connectivity index (χ2n) is 6.58. The number of rotatable bonds is 3. The Morgan fingerprint density at radius 2 is 2.09 bits per heavy atom. The summed E-state index contributed by atoms with van der Waals surface area (Å²) in [7, 11) is 0. The van der Waals surface area contributed by atoms with Gasteiger partial charge in [0, 0.05) is 24.0 Å². The molecule has 2 N–H and O–H groups in total. The van der Waals surface area contributed by atoms with Crippen LogP contribution in [-0.2, 0) is 11.3 Å². The zero-order chi connectivity index (χ0) is 15.0. The zero-order valence-corrected chi connectivity index (χ0v) is 12.6. The highest BCUT2D eigenvalue weighted by atomic mass is 16.2. The minimum Gasteiger partial charge on any atom is -0.352 e. The summed E-state index contributed by atoms with van der Waals surface area (Å²) in [5.41, 5.74) is 2.37. The van der Waals surface area contributed by atoms with E-state index in [2.05, 4.69) is 27.8 Å². The lowest BCUT2D eigenvalue weighted by molar-refractivity contribution is -0.123. The van der Waals surface area contributed by atoms with Crippen LogP contribution < -0.4 is 10.6 Å². The number of carbonyl (C=O) groups is 1. The molecule has 4 rings (SSSR count). The molecule has 1 aliphatic carbocycles. The van der Waals surface area contributed by atoms with E-state index in [-0.39, 0.29) is 11.8 Å². The van der Waals surface area contributed by atoms with Gasteiger partial charge in [-0.05, 0) is 49.4 Å². The Morgan fingerprint density at radius 1 is 1.27 bits per heavy atom. The van der Waals surface area contributed by atoms with Crippen molar-refractivity contribution in [3.8, 4) is 0 Å². The monoisotopic (exact) mass is 295 g/mol. The summed E-state index contributed by atoms with van der Waals surface area (Å²) in [4.78, 5) is 16.9. The second kappa shape index (κ2) is 5.36. The number of carbonyl (C=O) groups excluding carboxylic acids is 1. The average Bonchev–Trinajstić information content (AvgIpc) is 3.26. The SMILES string of the molecule is O=C(NCc1cccc2cccnc12)C1CC12CCNCC2. The van der Waals surface area contributed by atoms with Crippen LogP contribution in [0.2, 0.25) is 0 Å². The lowest BCUT2D eigenvalue weighted by Crippen LogP contribution is -2.33. The highest BCUT2D eigenvalue weighted by Crippen LogP contribution is 2.58. The van der Waals surface area contributed by atoms with Crippen LogP contribution in [0.25, 0.3) is 10.9 Å². The Morgan fingerprint density at radius 3 is 2.95 bits per heavy atom. The standard InChI is InChI=1S/C18H21N3O/c22-17(15-11-18(15)6-9-19-10-7-18)21-12-14-4-1-3-13-5-2-8-20-16(13)14/h1-5,8,15,19H,6-7,9-12H2,(H,21,22). The van der Waals surface area contributed by atoms with E-state index in [1.54, 1.807) is 6.20 Å². The van der Waals surface area contributed by atoms with Gasteiger partial charge in [0.25, 0.3) is 0 Å². The average molecular weight is 295 g/mol. The lowest BCUT2D eigenvalue weighted by atomic mass is 9.92. The molecule has 1 aromatic carbocycles. The van der Waals surface area contributed by atoms with Gasteiger partial charge < -0.3 is 10.6 Å². The molecule has 2 fully saturated rings. The van der Waals surface area contributed by atoms with Gasteiger partial charge in [0.05, 0.1) is 5.52 Å². The van der Waals surface area contributed by atoms with Gasteiger partial charge in [-0.3, -0.25) is 9.78 Å². The summed E-state index contributed by atoms with van der Waals surface area (Å²) in [6.45, 7) is 2.67. The minimum absolute atomic E-state index is 0.217. The lowest BCUT2D eigenvalue weighted by Gasteiger charge is -2.23. The van der Waals surface area contributed by atoms with Gasteiger partial charge in [-0.2, -0.15) is 0 Å². The minimum atomic E-state index is 0.217. The number of aromatic nitrogens is 1. The maximum Gasteiger partial charge on any atom is 0.223 e.